The molecule has 1 aromatic heterocycles. The number of carbonyl (C=O) groups excluding carboxylic acids is 1. The van der Waals surface area contributed by atoms with E-state index in [4.69, 9.17) is 4.74 Å². The lowest BCUT2D eigenvalue weighted by Crippen LogP contribution is -2.37. The average Bonchev–Trinajstić information content (AvgIpc) is 2.67. The van der Waals surface area contributed by atoms with Gasteiger partial charge in [-0.25, -0.2) is 9.97 Å². The molecule has 1 aliphatic heterocycles. The summed E-state index contributed by atoms with van der Waals surface area (Å²) in [5, 5.41) is 11.5. The average molecular weight is 344 g/mol. The molecule has 0 atom stereocenters. The molecule has 0 aliphatic carbocycles. The van der Waals surface area contributed by atoms with Crippen molar-refractivity contribution in [3.8, 4) is 0 Å². The van der Waals surface area contributed by atoms with Gasteiger partial charge >= 0.3 is 5.69 Å². The molecule has 130 valence electrons. The highest BCUT2D eigenvalue weighted by atomic mass is 16.6. The second-order valence-electron chi connectivity index (χ2n) is 5.20. The van der Waals surface area contributed by atoms with Gasteiger partial charge in [-0.2, -0.15) is 0 Å². The number of hydrogen-bond donors (Lipinski definition) is 2. The first-order valence-electron chi connectivity index (χ1n) is 7.60. The number of aromatic nitrogens is 2. The molecule has 1 aromatic carbocycles. The van der Waals surface area contributed by atoms with Crippen LogP contribution in [0, 0.1) is 10.1 Å². The van der Waals surface area contributed by atoms with E-state index in [1.165, 1.54) is 6.33 Å². The van der Waals surface area contributed by atoms with E-state index >= 15 is 0 Å². The Morgan fingerprint density at radius 1 is 1.20 bits per heavy atom. The SMILES string of the molecule is O=C(NNc1ncnc(N2CCOCC2)c1[N+](=O)[O-])c1ccccc1. The van der Waals surface area contributed by atoms with Crippen molar-refractivity contribution in [3.63, 3.8) is 0 Å². The first kappa shape index (κ1) is 16.6. The molecule has 3 rings (SSSR count). The Kier molecular flexibility index (Phi) is 5.00. The highest BCUT2D eigenvalue weighted by Crippen LogP contribution is 2.31. The van der Waals surface area contributed by atoms with Crippen LogP contribution in [0.4, 0.5) is 17.3 Å². The third-order valence-corrected chi connectivity index (χ3v) is 3.63. The van der Waals surface area contributed by atoms with Gasteiger partial charge in [0.15, 0.2) is 0 Å². The minimum atomic E-state index is -0.568. The van der Waals surface area contributed by atoms with Crippen molar-refractivity contribution in [1.29, 1.82) is 0 Å². The van der Waals surface area contributed by atoms with E-state index in [1.807, 2.05) is 0 Å². The summed E-state index contributed by atoms with van der Waals surface area (Å²) in [5.74, 6) is -0.313. The summed E-state index contributed by atoms with van der Waals surface area (Å²) in [5.41, 5.74) is 5.06. The number of rotatable bonds is 5. The summed E-state index contributed by atoms with van der Waals surface area (Å²) in [4.78, 5) is 32.7. The smallest absolute Gasteiger partial charge is 0.355 e. The first-order valence-corrected chi connectivity index (χ1v) is 7.60. The van der Waals surface area contributed by atoms with Crippen LogP contribution in [0.1, 0.15) is 10.4 Å². The van der Waals surface area contributed by atoms with Crippen LogP contribution in [-0.2, 0) is 4.74 Å². The van der Waals surface area contributed by atoms with Crippen molar-refractivity contribution in [2.45, 2.75) is 0 Å². The highest BCUT2D eigenvalue weighted by Gasteiger charge is 2.28. The maximum atomic E-state index is 12.1. The minimum absolute atomic E-state index is 0.0780. The molecule has 1 amide bonds. The van der Waals surface area contributed by atoms with Gasteiger partial charge in [0, 0.05) is 18.7 Å². The van der Waals surface area contributed by atoms with Crippen molar-refractivity contribution in [2.24, 2.45) is 0 Å². The normalized spacial score (nSPS) is 14.0. The molecule has 2 aromatic rings. The van der Waals surface area contributed by atoms with Crippen LogP contribution >= 0.6 is 0 Å². The van der Waals surface area contributed by atoms with Gasteiger partial charge in [0.1, 0.15) is 6.33 Å². The Morgan fingerprint density at radius 2 is 1.92 bits per heavy atom. The van der Waals surface area contributed by atoms with E-state index in [0.29, 0.717) is 31.9 Å². The van der Waals surface area contributed by atoms with Gasteiger partial charge in [0.05, 0.1) is 18.1 Å². The van der Waals surface area contributed by atoms with Gasteiger partial charge < -0.3 is 9.64 Å². The Balaban J connectivity index is 1.81. The number of amides is 1. The van der Waals surface area contributed by atoms with E-state index in [1.54, 1.807) is 35.2 Å². The third kappa shape index (κ3) is 3.80. The fraction of sp³-hybridized carbons (Fsp3) is 0.267. The Hall–Kier alpha value is -3.27. The monoisotopic (exact) mass is 344 g/mol. The molecule has 1 aliphatic rings. The molecule has 10 nitrogen and oxygen atoms in total. The second kappa shape index (κ2) is 7.53. The Bertz CT molecular complexity index is 764. The molecule has 0 bridgehead atoms. The Labute approximate surface area is 143 Å². The van der Waals surface area contributed by atoms with Crippen LogP contribution in [0.25, 0.3) is 0 Å². The van der Waals surface area contributed by atoms with Crippen LogP contribution < -0.4 is 15.8 Å². The van der Waals surface area contributed by atoms with Crippen LogP contribution in [0.3, 0.4) is 0 Å². The van der Waals surface area contributed by atoms with Crippen LogP contribution in [0.2, 0.25) is 0 Å². The molecule has 0 saturated carbocycles. The quantitative estimate of drug-likeness (QED) is 0.608. The topological polar surface area (TPSA) is 123 Å². The molecular weight excluding hydrogens is 328 g/mol. The fourth-order valence-electron chi connectivity index (χ4n) is 2.41. The number of nitrogens with zero attached hydrogens (tertiary/aromatic N) is 4. The minimum Gasteiger partial charge on any atom is -0.378 e. The van der Waals surface area contributed by atoms with Crippen LogP contribution in [-0.4, -0.2) is 47.1 Å². The molecular formula is C15H16N6O4. The third-order valence-electron chi connectivity index (χ3n) is 3.63. The molecule has 1 saturated heterocycles. The lowest BCUT2D eigenvalue weighted by molar-refractivity contribution is -0.383. The number of morpholine rings is 1. The number of hydrogen-bond acceptors (Lipinski definition) is 8. The van der Waals surface area contributed by atoms with Crippen molar-refractivity contribution < 1.29 is 14.5 Å². The Morgan fingerprint density at radius 3 is 2.60 bits per heavy atom. The number of anilines is 2. The summed E-state index contributed by atoms with van der Waals surface area (Å²) < 4.78 is 5.25. The largest absolute Gasteiger partial charge is 0.378 e. The summed E-state index contributed by atoms with van der Waals surface area (Å²) in [7, 11) is 0. The first-order chi connectivity index (χ1) is 12.2. The van der Waals surface area contributed by atoms with Gasteiger partial charge in [-0.1, -0.05) is 18.2 Å². The van der Waals surface area contributed by atoms with E-state index in [2.05, 4.69) is 20.8 Å². The number of nitrogens with one attached hydrogen (secondary N) is 2. The van der Waals surface area contributed by atoms with Crippen LogP contribution in [0.5, 0.6) is 0 Å². The highest BCUT2D eigenvalue weighted by molar-refractivity contribution is 5.95. The van der Waals surface area contributed by atoms with Crippen molar-refractivity contribution in [3.05, 3.63) is 52.3 Å². The van der Waals surface area contributed by atoms with E-state index < -0.39 is 10.8 Å². The predicted octanol–water partition coefficient (Wildman–Crippen LogP) is 0.978. The number of ether oxygens (including phenoxy) is 1. The maximum Gasteiger partial charge on any atom is 0.355 e. The number of benzene rings is 1. The molecule has 2 heterocycles. The van der Waals surface area contributed by atoms with Gasteiger partial charge in [-0.15, -0.1) is 0 Å². The summed E-state index contributed by atoms with van der Waals surface area (Å²) in [6.07, 6.45) is 1.22. The summed E-state index contributed by atoms with van der Waals surface area (Å²) >= 11 is 0. The number of hydrazine groups is 1. The zero-order valence-electron chi connectivity index (χ0n) is 13.2. The lowest BCUT2D eigenvalue weighted by Gasteiger charge is -2.27. The molecule has 0 spiro atoms. The lowest BCUT2D eigenvalue weighted by atomic mass is 10.2. The molecule has 1 fully saturated rings. The summed E-state index contributed by atoms with van der Waals surface area (Å²) in [6, 6.07) is 8.49. The van der Waals surface area contributed by atoms with Crippen molar-refractivity contribution in [1.82, 2.24) is 15.4 Å². The fourth-order valence-corrected chi connectivity index (χ4v) is 2.41. The predicted molar refractivity (Wildman–Crippen MR) is 89.2 cm³/mol. The zero-order chi connectivity index (χ0) is 17.6. The molecule has 0 radical (unpaired) electrons. The number of nitro groups is 1. The molecule has 25 heavy (non-hydrogen) atoms. The zero-order valence-corrected chi connectivity index (χ0v) is 13.2. The van der Waals surface area contributed by atoms with E-state index in [0.717, 1.165) is 0 Å². The van der Waals surface area contributed by atoms with Gasteiger partial charge in [-0.05, 0) is 12.1 Å². The molecule has 0 unspecified atom stereocenters. The van der Waals surface area contributed by atoms with E-state index in [9.17, 15) is 14.9 Å². The maximum absolute atomic E-state index is 12.1. The van der Waals surface area contributed by atoms with Crippen molar-refractivity contribution in [2.75, 3.05) is 36.6 Å². The van der Waals surface area contributed by atoms with Gasteiger partial charge in [-0.3, -0.25) is 25.8 Å². The van der Waals surface area contributed by atoms with Gasteiger partial charge in [0.25, 0.3) is 5.91 Å². The van der Waals surface area contributed by atoms with E-state index in [-0.39, 0.29) is 17.3 Å². The van der Waals surface area contributed by atoms with Crippen molar-refractivity contribution >= 4 is 23.2 Å². The van der Waals surface area contributed by atoms with Crippen LogP contribution in [0.15, 0.2) is 36.7 Å². The number of carbonyl (C=O) groups is 1. The molecule has 2 N–H and O–H groups in total. The van der Waals surface area contributed by atoms with Gasteiger partial charge in [0.2, 0.25) is 11.6 Å². The molecule has 10 heteroatoms. The standard InChI is InChI=1S/C15H16N6O4/c22-15(11-4-2-1-3-5-11)19-18-13-12(21(23)24)14(17-10-16-13)20-6-8-25-9-7-20/h1-5,10H,6-9H2,(H,19,22)(H,16,17,18). The second-order valence-corrected chi connectivity index (χ2v) is 5.20. The summed E-state index contributed by atoms with van der Waals surface area (Å²) in [6.45, 7) is 1.92.